The summed E-state index contributed by atoms with van der Waals surface area (Å²) in [7, 11) is 0. The molecule has 5 rings (SSSR count). The van der Waals surface area contributed by atoms with Crippen molar-refractivity contribution in [2.24, 2.45) is 5.41 Å². The number of aliphatic hydroxyl groups is 1. The number of Topliss-reactive ketones (excluding diaryl/α,β-unsaturated/α-hetero) is 1. The van der Waals surface area contributed by atoms with E-state index in [1.54, 1.807) is 18.7 Å². The highest BCUT2D eigenvalue weighted by Gasteiger charge is 2.55. The van der Waals surface area contributed by atoms with Gasteiger partial charge in [-0.1, -0.05) is 78.3 Å². The first-order valence-electron chi connectivity index (χ1n) is 14.4. The van der Waals surface area contributed by atoms with Crippen LogP contribution in [-0.4, -0.2) is 27.8 Å². The molecule has 1 N–H and O–H groups in total. The van der Waals surface area contributed by atoms with Crippen LogP contribution in [0.5, 0.6) is 0 Å². The molecule has 1 fully saturated rings. The molecule has 218 valence electrons. The maximum Gasteiger partial charge on any atom is 0.130 e. The molecular formula is C36H37ClFNO2S. The molecule has 4 aromatic rings. The van der Waals surface area contributed by atoms with Gasteiger partial charge >= 0.3 is 0 Å². The van der Waals surface area contributed by atoms with Gasteiger partial charge in [-0.3, -0.25) is 0 Å². The van der Waals surface area contributed by atoms with Crippen LogP contribution in [0.1, 0.15) is 73.2 Å². The summed E-state index contributed by atoms with van der Waals surface area (Å²) in [5, 5.41) is 12.5. The van der Waals surface area contributed by atoms with Gasteiger partial charge in [0.25, 0.3) is 0 Å². The summed E-state index contributed by atoms with van der Waals surface area (Å²) in [6.07, 6.45) is 5.50. The van der Waals surface area contributed by atoms with Crippen LogP contribution >= 0.6 is 23.4 Å². The summed E-state index contributed by atoms with van der Waals surface area (Å²) in [6.45, 7) is 5.18. The Kier molecular flexibility index (Phi) is 9.22. The number of hydrogen-bond donors (Lipinski definition) is 1. The lowest BCUT2D eigenvalue weighted by Crippen LogP contribution is -2.18. The van der Waals surface area contributed by atoms with Crippen molar-refractivity contribution in [2.75, 3.05) is 5.75 Å². The molecule has 3 atom stereocenters. The summed E-state index contributed by atoms with van der Waals surface area (Å²) in [5.74, 6) is 0.651. The largest absolute Gasteiger partial charge is 0.386 e. The number of alkyl halides is 1. The first kappa shape index (κ1) is 30.5. The van der Waals surface area contributed by atoms with Crippen LogP contribution in [0.2, 0.25) is 5.02 Å². The number of aryl methyl sites for hydroxylation is 1. The minimum atomic E-state index is -0.937. The third-order valence-corrected chi connectivity index (χ3v) is 9.91. The van der Waals surface area contributed by atoms with Crippen LogP contribution in [0.25, 0.3) is 23.1 Å². The predicted octanol–water partition coefficient (Wildman–Crippen LogP) is 9.40. The van der Waals surface area contributed by atoms with E-state index >= 15 is 0 Å². The zero-order chi connectivity index (χ0) is 29.9. The fourth-order valence-corrected chi connectivity index (χ4v) is 7.38. The number of benzene rings is 3. The topological polar surface area (TPSA) is 50.2 Å². The summed E-state index contributed by atoms with van der Waals surface area (Å²) < 4.78 is 14.5. The van der Waals surface area contributed by atoms with Crippen molar-refractivity contribution in [1.82, 2.24) is 4.98 Å². The van der Waals surface area contributed by atoms with Crippen LogP contribution in [0.4, 0.5) is 4.39 Å². The van der Waals surface area contributed by atoms with E-state index in [0.29, 0.717) is 23.6 Å². The van der Waals surface area contributed by atoms with Crippen molar-refractivity contribution < 1.29 is 14.3 Å². The maximum atomic E-state index is 14.5. The first-order valence-corrected chi connectivity index (χ1v) is 15.9. The smallest absolute Gasteiger partial charge is 0.130 e. The summed E-state index contributed by atoms with van der Waals surface area (Å²) >= 11 is 7.91. The van der Waals surface area contributed by atoms with E-state index in [4.69, 9.17) is 16.6 Å². The number of aromatic nitrogens is 1. The third-order valence-electron chi connectivity index (χ3n) is 8.02. The predicted molar refractivity (Wildman–Crippen MR) is 175 cm³/mol. The Balaban J connectivity index is 1.38. The number of thioether (sulfide) groups is 1. The van der Waals surface area contributed by atoms with E-state index in [9.17, 15) is 14.3 Å². The van der Waals surface area contributed by atoms with Crippen molar-refractivity contribution in [3.05, 3.63) is 112 Å². The normalized spacial score (nSPS) is 19.3. The van der Waals surface area contributed by atoms with Gasteiger partial charge in [0.1, 0.15) is 12.0 Å². The highest BCUT2D eigenvalue weighted by Crippen LogP contribution is 2.55. The van der Waals surface area contributed by atoms with Gasteiger partial charge in [-0.2, -0.15) is 11.8 Å². The quantitative estimate of drug-likeness (QED) is 0.176. The van der Waals surface area contributed by atoms with Crippen molar-refractivity contribution in [2.45, 2.75) is 63.5 Å². The molecule has 0 radical (unpaired) electrons. The Morgan fingerprint density at radius 2 is 1.88 bits per heavy atom. The van der Waals surface area contributed by atoms with Crippen LogP contribution in [0.15, 0.2) is 78.9 Å². The monoisotopic (exact) mass is 601 g/mol. The second-order valence-corrected chi connectivity index (χ2v) is 13.7. The molecule has 0 aliphatic heterocycles. The summed E-state index contributed by atoms with van der Waals surface area (Å²) in [5.41, 5.74) is 4.47. The Bertz CT molecular complexity index is 1610. The van der Waals surface area contributed by atoms with Gasteiger partial charge in [-0.25, -0.2) is 9.37 Å². The van der Waals surface area contributed by atoms with Crippen LogP contribution < -0.4 is 0 Å². The number of pyridine rings is 1. The molecule has 0 saturated heterocycles. The van der Waals surface area contributed by atoms with Crippen molar-refractivity contribution in [3.8, 4) is 0 Å². The number of carbonyl (C=O) groups is 1. The Hall–Kier alpha value is -2.99. The Labute approximate surface area is 257 Å². The molecular weight excluding hydrogens is 565 g/mol. The Morgan fingerprint density at radius 1 is 1.12 bits per heavy atom. The number of carbonyl (C=O) groups excluding carboxylic acids is 1. The zero-order valence-electron chi connectivity index (χ0n) is 24.3. The summed E-state index contributed by atoms with van der Waals surface area (Å²) in [4.78, 5) is 16.6. The highest BCUT2D eigenvalue weighted by atomic mass is 35.5. The number of nitrogens with zero attached hydrogens (tertiary/aromatic N) is 1. The van der Waals surface area contributed by atoms with Crippen LogP contribution in [0, 0.1) is 5.41 Å². The van der Waals surface area contributed by atoms with Crippen molar-refractivity contribution in [1.29, 1.82) is 0 Å². The lowest BCUT2D eigenvalue weighted by molar-refractivity contribution is -0.118. The molecule has 1 heterocycles. The van der Waals surface area contributed by atoms with E-state index in [-0.39, 0.29) is 11.0 Å². The number of fused-ring (bicyclic) bond motifs is 1. The highest BCUT2D eigenvalue weighted by molar-refractivity contribution is 7.99. The second-order valence-electron chi connectivity index (χ2n) is 12.0. The Morgan fingerprint density at radius 3 is 2.62 bits per heavy atom. The number of halogens is 2. The average Bonchev–Trinajstić information content (AvgIpc) is 3.58. The van der Waals surface area contributed by atoms with Gasteiger partial charge in [-0.05, 0) is 86.6 Å². The molecule has 0 bridgehead atoms. The van der Waals surface area contributed by atoms with E-state index in [1.165, 1.54) is 0 Å². The fourth-order valence-electron chi connectivity index (χ4n) is 5.66. The lowest BCUT2D eigenvalue weighted by atomic mass is 9.90. The molecule has 0 spiro atoms. The molecule has 2 unspecified atom stereocenters. The van der Waals surface area contributed by atoms with Crippen LogP contribution in [-0.2, 0) is 16.8 Å². The van der Waals surface area contributed by atoms with Gasteiger partial charge in [0.05, 0.1) is 16.8 Å². The van der Waals surface area contributed by atoms with Crippen molar-refractivity contribution >= 4 is 52.2 Å². The molecule has 1 saturated carbocycles. The fraction of sp³-hybridized carbons (Fsp3) is 0.333. The molecule has 6 heteroatoms. The third kappa shape index (κ3) is 7.50. The number of ketones is 1. The average molecular weight is 602 g/mol. The zero-order valence-corrected chi connectivity index (χ0v) is 25.9. The standard InChI is InChI=1S/C36H37ClFNO2S/c1-24(40)21-36(22-34(36)38)23-42-33(18-14-26-8-4-5-10-31(26)35(2,3)41)28-9-6-7-25(19-28)11-16-30-17-13-27-12-15-29(37)20-32(27)39-30/h4-13,15-17,19-20,33-34,41H,14,18,21-23H2,1-3H3/b16-11+/t33-,34?,36?/m1/s1. The maximum absolute atomic E-state index is 14.5. The van der Waals surface area contributed by atoms with Gasteiger partial charge < -0.3 is 9.90 Å². The molecule has 42 heavy (non-hydrogen) atoms. The van der Waals surface area contributed by atoms with Gasteiger partial charge in [0, 0.05) is 33.2 Å². The van der Waals surface area contributed by atoms with Gasteiger partial charge in [0.15, 0.2) is 0 Å². The molecule has 1 aliphatic carbocycles. The molecule has 3 nitrogen and oxygen atoms in total. The van der Waals surface area contributed by atoms with E-state index in [0.717, 1.165) is 51.7 Å². The first-order chi connectivity index (χ1) is 20.0. The van der Waals surface area contributed by atoms with Crippen LogP contribution in [0.3, 0.4) is 0 Å². The molecule has 0 amide bonds. The SMILES string of the molecule is CC(=O)CC1(CS[C@H](CCc2ccccc2C(C)(C)O)c2cccc(/C=C/c3ccc4ccc(Cl)cc4n3)c2)CC1F. The minimum absolute atomic E-state index is 0.0445. The van der Waals surface area contributed by atoms with E-state index < -0.39 is 17.2 Å². The molecule has 3 aromatic carbocycles. The molecule has 1 aromatic heterocycles. The minimum Gasteiger partial charge on any atom is -0.386 e. The number of rotatable bonds is 12. The van der Waals surface area contributed by atoms with E-state index in [1.807, 2.05) is 68.5 Å². The van der Waals surface area contributed by atoms with Gasteiger partial charge in [0.2, 0.25) is 0 Å². The van der Waals surface area contributed by atoms with Crippen molar-refractivity contribution in [3.63, 3.8) is 0 Å². The van der Waals surface area contributed by atoms with Gasteiger partial charge in [-0.15, -0.1) is 0 Å². The van der Waals surface area contributed by atoms with E-state index in [2.05, 4.69) is 36.4 Å². The number of hydrogen-bond acceptors (Lipinski definition) is 4. The lowest BCUT2D eigenvalue weighted by Gasteiger charge is -2.24. The second kappa shape index (κ2) is 12.7. The summed E-state index contributed by atoms with van der Waals surface area (Å²) in [6, 6.07) is 26.2. The molecule has 1 aliphatic rings.